The van der Waals surface area contributed by atoms with Crippen LogP contribution in [0.4, 0.5) is 5.69 Å². The Kier molecular flexibility index (Phi) is 6.72. The smallest absolute Gasteiger partial charge is 0.225 e. The topological polar surface area (TPSA) is 41.6 Å². The van der Waals surface area contributed by atoms with E-state index in [1.165, 1.54) is 25.7 Å². The fraction of sp³-hybridized carbons (Fsp3) is 0.611. The molecule has 1 saturated heterocycles. The molecule has 1 aliphatic rings. The average molecular weight is 304 g/mol. The number of amides is 1. The number of para-hydroxylation sites is 2. The Hall–Kier alpha value is -1.55. The number of ether oxygens (including phenoxy) is 1. The van der Waals surface area contributed by atoms with E-state index in [9.17, 15) is 4.79 Å². The lowest BCUT2D eigenvalue weighted by Gasteiger charge is -2.35. The van der Waals surface area contributed by atoms with Gasteiger partial charge in [-0.05, 0) is 44.9 Å². The van der Waals surface area contributed by atoms with Crippen molar-refractivity contribution in [2.45, 2.75) is 52.0 Å². The normalized spacial score (nSPS) is 18.9. The quantitative estimate of drug-likeness (QED) is 0.835. The lowest BCUT2D eigenvalue weighted by Crippen LogP contribution is -2.40. The summed E-state index contributed by atoms with van der Waals surface area (Å²) in [7, 11) is 0. The molecule has 4 heteroatoms. The van der Waals surface area contributed by atoms with Crippen LogP contribution in [0.25, 0.3) is 0 Å². The molecule has 0 spiro atoms. The zero-order valence-electron chi connectivity index (χ0n) is 13.8. The van der Waals surface area contributed by atoms with Gasteiger partial charge in [-0.1, -0.05) is 25.5 Å². The number of rotatable bonds is 7. The molecule has 22 heavy (non-hydrogen) atoms. The van der Waals surface area contributed by atoms with Crippen LogP contribution in [-0.2, 0) is 4.79 Å². The van der Waals surface area contributed by atoms with Crippen molar-refractivity contribution in [2.24, 2.45) is 0 Å². The maximum atomic E-state index is 12.2. The highest BCUT2D eigenvalue weighted by Crippen LogP contribution is 2.24. The minimum absolute atomic E-state index is 0.0626. The number of carbonyl (C=O) groups excluding carboxylic acids is 1. The van der Waals surface area contributed by atoms with Gasteiger partial charge in [-0.25, -0.2) is 0 Å². The maximum Gasteiger partial charge on any atom is 0.225 e. The third-order valence-electron chi connectivity index (χ3n) is 4.31. The molecule has 1 aliphatic heterocycles. The van der Waals surface area contributed by atoms with Crippen molar-refractivity contribution >= 4 is 11.6 Å². The van der Waals surface area contributed by atoms with Crippen molar-refractivity contribution in [2.75, 3.05) is 25.0 Å². The second kappa shape index (κ2) is 8.79. The third kappa shape index (κ3) is 4.73. The summed E-state index contributed by atoms with van der Waals surface area (Å²) < 4.78 is 5.54. The summed E-state index contributed by atoms with van der Waals surface area (Å²) in [5, 5.41) is 2.98. The minimum Gasteiger partial charge on any atom is -0.492 e. The Balaban J connectivity index is 1.85. The number of nitrogens with zero attached hydrogens (tertiary/aromatic N) is 1. The lowest BCUT2D eigenvalue weighted by atomic mass is 10.00. The predicted octanol–water partition coefficient (Wildman–Crippen LogP) is 3.68. The van der Waals surface area contributed by atoms with Crippen molar-refractivity contribution < 1.29 is 9.53 Å². The van der Waals surface area contributed by atoms with Gasteiger partial charge in [-0.15, -0.1) is 0 Å². The minimum atomic E-state index is 0.0626. The number of hydrogen-bond acceptors (Lipinski definition) is 3. The van der Waals surface area contributed by atoms with Gasteiger partial charge in [-0.3, -0.25) is 9.69 Å². The molecule has 1 fully saturated rings. The van der Waals surface area contributed by atoms with Crippen LogP contribution in [0.2, 0.25) is 0 Å². The van der Waals surface area contributed by atoms with Crippen LogP contribution < -0.4 is 10.1 Å². The summed E-state index contributed by atoms with van der Waals surface area (Å²) in [6.07, 6.45) is 5.56. The predicted molar refractivity (Wildman–Crippen MR) is 90.4 cm³/mol. The molecule has 0 bridgehead atoms. The summed E-state index contributed by atoms with van der Waals surface area (Å²) in [5.41, 5.74) is 0.764. The SMILES string of the molecule is CCOc1ccccc1NC(=O)CCN1CCCCC1CC. The molecule has 0 aromatic heterocycles. The first-order valence-electron chi connectivity index (χ1n) is 8.50. The molecule has 0 radical (unpaired) electrons. The molecular formula is C18H28N2O2. The van der Waals surface area contributed by atoms with Gasteiger partial charge in [-0.2, -0.15) is 0 Å². The van der Waals surface area contributed by atoms with Crippen molar-refractivity contribution in [1.82, 2.24) is 4.90 Å². The molecule has 1 heterocycles. The van der Waals surface area contributed by atoms with Gasteiger partial charge in [0.25, 0.3) is 0 Å². The van der Waals surface area contributed by atoms with Crippen molar-refractivity contribution in [3.8, 4) is 5.75 Å². The third-order valence-corrected chi connectivity index (χ3v) is 4.31. The molecule has 0 aliphatic carbocycles. The molecule has 1 amide bonds. The van der Waals surface area contributed by atoms with Crippen LogP contribution >= 0.6 is 0 Å². The molecule has 1 unspecified atom stereocenters. The molecule has 1 N–H and O–H groups in total. The Morgan fingerprint density at radius 1 is 1.32 bits per heavy atom. The lowest BCUT2D eigenvalue weighted by molar-refractivity contribution is -0.116. The van der Waals surface area contributed by atoms with Gasteiger partial charge in [0.2, 0.25) is 5.91 Å². The Bertz CT molecular complexity index is 476. The number of nitrogens with one attached hydrogen (secondary N) is 1. The second-order valence-corrected chi connectivity index (χ2v) is 5.82. The highest BCUT2D eigenvalue weighted by atomic mass is 16.5. The van der Waals surface area contributed by atoms with E-state index in [4.69, 9.17) is 4.74 Å². The van der Waals surface area contributed by atoms with Gasteiger partial charge in [0.05, 0.1) is 12.3 Å². The molecule has 2 rings (SSSR count). The van der Waals surface area contributed by atoms with E-state index in [2.05, 4.69) is 17.1 Å². The average Bonchev–Trinajstić information content (AvgIpc) is 2.55. The molecule has 1 atom stereocenters. The first-order valence-corrected chi connectivity index (χ1v) is 8.50. The van der Waals surface area contributed by atoms with Gasteiger partial charge >= 0.3 is 0 Å². The number of piperidine rings is 1. The van der Waals surface area contributed by atoms with Gasteiger partial charge in [0, 0.05) is 19.0 Å². The largest absolute Gasteiger partial charge is 0.492 e. The molecular weight excluding hydrogens is 276 g/mol. The summed E-state index contributed by atoms with van der Waals surface area (Å²) in [5.74, 6) is 0.801. The van der Waals surface area contributed by atoms with E-state index in [1.807, 2.05) is 31.2 Å². The van der Waals surface area contributed by atoms with Gasteiger partial charge in [0.15, 0.2) is 0 Å². The molecule has 0 saturated carbocycles. The van der Waals surface area contributed by atoms with Gasteiger partial charge in [0.1, 0.15) is 5.75 Å². The first-order chi connectivity index (χ1) is 10.7. The monoisotopic (exact) mass is 304 g/mol. The van der Waals surface area contributed by atoms with Crippen LogP contribution in [0, 0.1) is 0 Å². The molecule has 122 valence electrons. The van der Waals surface area contributed by atoms with Crippen LogP contribution in [-0.4, -0.2) is 36.5 Å². The summed E-state index contributed by atoms with van der Waals surface area (Å²) in [6, 6.07) is 8.25. The van der Waals surface area contributed by atoms with E-state index in [-0.39, 0.29) is 5.91 Å². The van der Waals surface area contributed by atoms with Crippen LogP contribution in [0.15, 0.2) is 24.3 Å². The van der Waals surface area contributed by atoms with Crippen molar-refractivity contribution in [1.29, 1.82) is 0 Å². The van der Waals surface area contributed by atoms with Crippen LogP contribution in [0.1, 0.15) is 46.0 Å². The highest BCUT2D eigenvalue weighted by molar-refractivity contribution is 5.92. The Morgan fingerprint density at radius 2 is 2.14 bits per heavy atom. The number of benzene rings is 1. The highest BCUT2D eigenvalue weighted by Gasteiger charge is 2.21. The fourth-order valence-electron chi connectivity index (χ4n) is 3.13. The van der Waals surface area contributed by atoms with Crippen molar-refractivity contribution in [3.63, 3.8) is 0 Å². The van der Waals surface area contributed by atoms with E-state index < -0.39 is 0 Å². The van der Waals surface area contributed by atoms with E-state index >= 15 is 0 Å². The number of carbonyl (C=O) groups is 1. The molecule has 4 nitrogen and oxygen atoms in total. The zero-order chi connectivity index (χ0) is 15.8. The zero-order valence-corrected chi connectivity index (χ0v) is 13.8. The summed E-state index contributed by atoms with van der Waals surface area (Å²) >= 11 is 0. The number of hydrogen-bond donors (Lipinski definition) is 1. The number of likely N-dealkylation sites (tertiary alicyclic amines) is 1. The standard InChI is InChI=1S/C18H28N2O2/c1-3-15-9-7-8-13-20(15)14-12-18(21)19-16-10-5-6-11-17(16)22-4-2/h5-6,10-11,15H,3-4,7-9,12-14H2,1-2H3,(H,19,21). The van der Waals surface area contributed by atoms with E-state index in [1.54, 1.807) is 0 Å². The summed E-state index contributed by atoms with van der Waals surface area (Å²) in [4.78, 5) is 14.7. The van der Waals surface area contributed by atoms with Crippen LogP contribution in [0.5, 0.6) is 5.75 Å². The van der Waals surface area contributed by atoms with Crippen molar-refractivity contribution in [3.05, 3.63) is 24.3 Å². The first kappa shape index (κ1) is 16.8. The van der Waals surface area contributed by atoms with Crippen LogP contribution in [0.3, 0.4) is 0 Å². The van der Waals surface area contributed by atoms with Gasteiger partial charge < -0.3 is 10.1 Å². The maximum absolute atomic E-state index is 12.2. The molecule has 1 aromatic rings. The fourth-order valence-corrected chi connectivity index (χ4v) is 3.13. The Labute approximate surface area is 133 Å². The van der Waals surface area contributed by atoms with E-state index in [0.29, 0.717) is 19.1 Å². The Morgan fingerprint density at radius 3 is 2.91 bits per heavy atom. The molecule has 1 aromatic carbocycles. The second-order valence-electron chi connectivity index (χ2n) is 5.82. The summed E-state index contributed by atoms with van der Waals surface area (Å²) in [6.45, 7) is 6.75. The van der Waals surface area contributed by atoms with E-state index in [0.717, 1.165) is 24.5 Å². The number of anilines is 1.